The summed E-state index contributed by atoms with van der Waals surface area (Å²) in [5.41, 5.74) is 1.14. The molecule has 0 spiro atoms. The van der Waals surface area contributed by atoms with Crippen LogP contribution in [0.2, 0.25) is 0 Å². The van der Waals surface area contributed by atoms with Crippen LogP contribution < -0.4 is 10.9 Å². The Bertz CT molecular complexity index is 975. The molecule has 0 aromatic carbocycles. The van der Waals surface area contributed by atoms with Crippen molar-refractivity contribution in [2.75, 3.05) is 18.4 Å². The number of nitrogens with zero attached hydrogens (tertiary/aromatic N) is 3. The molecule has 1 aliphatic carbocycles. The van der Waals surface area contributed by atoms with Crippen LogP contribution in [0.4, 0.5) is 5.13 Å². The molecule has 0 bridgehead atoms. The maximum Gasteiger partial charge on any atom is 0.258 e. The molecule has 1 fully saturated rings. The third-order valence-electron chi connectivity index (χ3n) is 5.67. The molecule has 3 heterocycles. The van der Waals surface area contributed by atoms with Gasteiger partial charge in [-0.25, -0.2) is 4.98 Å². The summed E-state index contributed by atoms with van der Waals surface area (Å²) in [5.74, 6) is 0.252. The van der Waals surface area contributed by atoms with Gasteiger partial charge in [0.15, 0.2) is 5.13 Å². The zero-order valence-corrected chi connectivity index (χ0v) is 17.5. The van der Waals surface area contributed by atoms with Crippen LogP contribution in [-0.2, 0) is 24.2 Å². The van der Waals surface area contributed by atoms with Gasteiger partial charge in [-0.05, 0) is 50.5 Å². The molecule has 4 rings (SSSR count). The Balaban J connectivity index is 1.46. The van der Waals surface area contributed by atoms with Crippen molar-refractivity contribution in [2.24, 2.45) is 5.92 Å². The van der Waals surface area contributed by atoms with Gasteiger partial charge in [-0.1, -0.05) is 6.92 Å². The van der Waals surface area contributed by atoms with Gasteiger partial charge in [-0.15, -0.1) is 11.3 Å². The highest BCUT2D eigenvalue weighted by molar-refractivity contribution is 7.15. The van der Waals surface area contributed by atoms with Gasteiger partial charge in [0.2, 0.25) is 5.91 Å². The lowest BCUT2D eigenvalue weighted by Gasteiger charge is -2.26. The molecule has 0 saturated carbocycles. The van der Waals surface area contributed by atoms with E-state index in [0.717, 1.165) is 57.3 Å². The molecule has 7 nitrogen and oxygen atoms in total. The first-order chi connectivity index (χ1) is 14.0. The SMILES string of the molecule is CC1CCc2nc(NC(=O)c3ccc(=O)n(CC(=O)N4CCCCC4)c3)sc2C1. The third-order valence-corrected chi connectivity index (χ3v) is 6.70. The Morgan fingerprint density at radius 1 is 1.24 bits per heavy atom. The van der Waals surface area contributed by atoms with E-state index in [1.165, 1.54) is 39.1 Å². The van der Waals surface area contributed by atoms with E-state index in [1.54, 1.807) is 4.90 Å². The van der Waals surface area contributed by atoms with Crippen LogP contribution in [0.3, 0.4) is 0 Å². The van der Waals surface area contributed by atoms with E-state index < -0.39 is 0 Å². The van der Waals surface area contributed by atoms with Crippen molar-refractivity contribution in [3.05, 3.63) is 44.8 Å². The number of rotatable bonds is 4. The van der Waals surface area contributed by atoms with Crippen LogP contribution in [0, 0.1) is 5.92 Å². The first-order valence-corrected chi connectivity index (χ1v) is 11.1. The number of aromatic nitrogens is 2. The van der Waals surface area contributed by atoms with E-state index in [1.807, 2.05) is 0 Å². The quantitative estimate of drug-likeness (QED) is 0.834. The predicted octanol–water partition coefficient (Wildman–Crippen LogP) is 2.69. The summed E-state index contributed by atoms with van der Waals surface area (Å²) in [6.45, 7) is 3.67. The summed E-state index contributed by atoms with van der Waals surface area (Å²) >= 11 is 1.53. The number of carbonyl (C=O) groups excluding carboxylic acids is 2. The number of amides is 2. The average Bonchev–Trinajstić information content (AvgIpc) is 3.11. The van der Waals surface area contributed by atoms with Crippen LogP contribution in [0.1, 0.15) is 53.5 Å². The molecule has 2 aromatic rings. The van der Waals surface area contributed by atoms with Gasteiger partial charge in [0.25, 0.3) is 11.5 Å². The Kier molecular flexibility index (Phi) is 5.80. The first kappa shape index (κ1) is 19.8. The standard InChI is InChI=1S/C21H26N4O3S/c1-14-5-7-16-17(11-14)29-21(22-16)23-20(28)15-6-8-18(26)25(12-15)13-19(27)24-9-3-2-4-10-24/h6,8,12,14H,2-5,7,9-11,13H2,1H3,(H,22,23,28). The summed E-state index contributed by atoms with van der Waals surface area (Å²) in [7, 11) is 0. The van der Waals surface area contributed by atoms with E-state index in [4.69, 9.17) is 0 Å². The van der Waals surface area contributed by atoms with Gasteiger partial charge in [-0.3, -0.25) is 19.7 Å². The number of anilines is 1. The zero-order chi connectivity index (χ0) is 20.4. The van der Waals surface area contributed by atoms with E-state index in [-0.39, 0.29) is 23.9 Å². The van der Waals surface area contributed by atoms with Crippen molar-refractivity contribution in [1.29, 1.82) is 0 Å². The summed E-state index contributed by atoms with van der Waals surface area (Å²) in [4.78, 5) is 45.0. The number of hydrogen-bond acceptors (Lipinski definition) is 5. The lowest BCUT2D eigenvalue weighted by atomic mass is 9.93. The fourth-order valence-corrected chi connectivity index (χ4v) is 5.11. The highest BCUT2D eigenvalue weighted by Crippen LogP contribution is 2.32. The average molecular weight is 415 g/mol. The number of hydrogen-bond donors (Lipinski definition) is 1. The van der Waals surface area contributed by atoms with Crippen LogP contribution in [0.25, 0.3) is 0 Å². The second kappa shape index (κ2) is 8.49. The number of thiazole rings is 1. The minimum Gasteiger partial charge on any atom is -0.341 e. The molecule has 1 atom stereocenters. The zero-order valence-electron chi connectivity index (χ0n) is 16.6. The highest BCUT2D eigenvalue weighted by Gasteiger charge is 2.21. The van der Waals surface area contributed by atoms with Crippen LogP contribution in [0.15, 0.2) is 23.1 Å². The molecule has 1 unspecified atom stereocenters. The predicted molar refractivity (Wildman–Crippen MR) is 112 cm³/mol. The number of carbonyl (C=O) groups is 2. The van der Waals surface area contributed by atoms with Gasteiger partial charge in [0.05, 0.1) is 11.3 Å². The maximum atomic E-state index is 12.7. The molecule has 29 heavy (non-hydrogen) atoms. The summed E-state index contributed by atoms with van der Waals surface area (Å²) in [5, 5.41) is 3.45. The summed E-state index contributed by atoms with van der Waals surface area (Å²) < 4.78 is 1.32. The Morgan fingerprint density at radius 2 is 2.03 bits per heavy atom. The number of fused-ring (bicyclic) bond motifs is 1. The van der Waals surface area contributed by atoms with Crippen molar-refractivity contribution < 1.29 is 9.59 Å². The van der Waals surface area contributed by atoms with Gasteiger partial charge >= 0.3 is 0 Å². The molecule has 0 radical (unpaired) electrons. The van der Waals surface area contributed by atoms with Gasteiger partial charge in [-0.2, -0.15) is 0 Å². The van der Waals surface area contributed by atoms with Crippen molar-refractivity contribution in [3.8, 4) is 0 Å². The van der Waals surface area contributed by atoms with Crippen molar-refractivity contribution in [2.45, 2.75) is 52.0 Å². The van der Waals surface area contributed by atoms with E-state index in [9.17, 15) is 14.4 Å². The van der Waals surface area contributed by atoms with E-state index in [2.05, 4.69) is 17.2 Å². The molecule has 2 aromatic heterocycles. The molecule has 1 aliphatic heterocycles. The molecular formula is C21H26N4O3S. The summed E-state index contributed by atoms with van der Waals surface area (Å²) in [6, 6.07) is 2.84. The van der Waals surface area contributed by atoms with Crippen LogP contribution >= 0.6 is 11.3 Å². The topological polar surface area (TPSA) is 84.3 Å². The number of pyridine rings is 1. The molecule has 1 N–H and O–H groups in total. The fourth-order valence-electron chi connectivity index (χ4n) is 3.94. The fraction of sp³-hybridized carbons (Fsp3) is 0.524. The third kappa shape index (κ3) is 4.58. The molecule has 8 heteroatoms. The molecule has 154 valence electrons. The lowest BCUT2D eigenvalue weighted by Crippen LogP contribution is -2.39. The Morgan fingerprint density at radius 3 is 2.83 bits per heavy atom. The smallest absolute Gasteiger partial charge is 0.258 e. The minimum absolute atomic E-state index is 0.0383. The van der Waals surface area contributed by atoms with E-state index in [0.29, 0.717) is 16.6 Å². The minimum atomic E-state index is -0.316. The maximum absolute atomic E-state index is 12.7. The molecule has 2 aliphatic rings. The normalized spacial score (nSPS) is 18.9. The number of piperidine rings is 1. The van der Waals surface area contributed by atoms with Crippen LogP contribution in [-0.4, -0.2) is 39.4 Å². The van der Waals surface area contributed by atoms with Crippen molar-refractivity contribution in [3.63, 3.8) is 0 Å². The molecular weight excluding hydrogens is 388 g/mol. The first-order valence-electron chi connectivity index (χ1n) is 10.3. The lowest BCUT2D eigenvalue weighted by molar-refractivity contribution is -0.132. The van der Waals surface area contributed by atoms with Gasteiger partial charge < -0.3 is 9.47 Å². The monoisotopic (exact) mass is 414 g/mol. The Labute approximate surface area is 173 Å². The second-order valence-corrected chi connectivity index (χ2v) is 9.10. The summed E-state index contributed by atoms with van der Waals surface area (Å²) in [6.07, 6.45) is 7.69. The van der Waals surface area contributed by atoms with Gasteiger partial charge in [0.1, 0.15) is 6.54 Å². The Hall–Kier alpha value is -2.48. The number of nitrogens with one attached hydrogen (secondary N) is 1. The van der Waals surface area contributed by atoms with Crippen molar-refractivity contribution >= 4 is 28.3 Å². The van der Waals surface area contributed by atoms with Crippen molar-refractivity contribution in [1.82, 2.24) is 14.5 Å². The number of aryl methyl sites for hydroxylation is 1. The molecule has 1 saturated heterocycles. The highest BCUT2D eigenvalue weighted by atomic mass is 32.1. The number of likely N-dealkylation sites (tertiary alicyclic amines) is 1. The van der Waals surface area contributed by atoms with E-state index >= 15 is 0 Å². The molecule has 2 amide bonds. The van der Waals surface area contributed by atoms with Crippen LogP contribution in [0.5, 0.6) is 0 Å². The second-order valence-electron chi connectivity index (χ2n) is 8.02. The largest absolute Gasteiger partial charge is 0.341 e. The van der Waals surface area contributed by atoms with Gasteiger partial charge in [0, 0.05) is 30.2 Å².